The van der Waals surface area contributed by atoms with Crippen LogP contribution in [0.15, 0.2) is 6.07 Å². The summed E-state index contributed by atoms with van der Waals surface area (Å²) in [6.45, 7) is 1.94. The van der Waals surface area contributed by atoms with Crippen LogP contribution in [0.4, 0.5) is 0 Å². The van der Waals surface area contributed by atoms with Gasteiger partial charge in [-0.05, 0) is 24.5 Å². The van der Waals surface area contributed by atoms with Crippen molar-refractivity contribution in [2.75, 3.05) is 13.2 Å². The smallest absolute Gasteiger partial charge is 0.261 e. The molecule has 0 atom stereocenters. The first-order valence-corrected chi connectivity index (χ1v) is 7.76. The number of amides is 1. The lowest BCUT2D eigenvalue weighted by molar-refractivity contribution is 0.0907. The van der Waals surface area contributed by atoms with Crippen molar-refractivity contribution in [3.8, 4) is 0 Å². The Balaban J connectivity index is 1.74. The van der Waals surface area contributed by atoms with Crippen molar-refractivity contribution in [2.45, 2.75) is 44.2 Å². The van der Waals surface area contributed by atoms with E-state index in [9.17, 15) is 4.79 Å². The molecule has 0 spiro atoms. The van der Waals surface area contributed by atoms with Gasteiger partial charge in [0.25, 0.3) is 5.91 Å². The predicted molar refractivity (Wildman–Crippen MR) is 75.4 cm³/mol. The van der Waals surface area contributed by atoms with Crippen molar-refractivity contribution in [3.63, 3.8) is 0 Å². The molecule has 3 N–H and O–H groups in total. The van der Waals surface area contributed by atoms with Gasteiger partial charge in [-0.2, -0.15) is 0 Å². The second-order valence-corrected chi connectivity index (χ2v) is 6.64. The highest BCUT2D eigenvalue weighted by atomic mass is 32.1. The Hall–Kier alpha value is -0.910. The van der Waals surface area contributed by atoms with Crippen LogP contribution in [0.5, 0.6) is 0 Å². The summed E-state index contributed by atoms with van der Waals surface area (Å²) in [5.74, 6) is 0.0340. The number of nitrogens with one attached hydrogen (secondary N) is 1. The van der Waals surface area contributed by atoms with Gasteiger partial charge in [0.2, 0.25) is 0 Å². The van der Waals surface area contributed by atoms with E-state index in [2.05, 4.69) is 5.32 Å². The van der Waals surface area contributed by atoms with Gasteiger partial charge >= 0.3 is 0 Å². The van der Waals surface area contributed by atoms with Crippen molar-refractivity contribution in [1.82, 2.24) is 5.32 Å². The van der Waals surface area contributed by atoms with E-state index in [4.69, 9.17) is 10.5 Å². The fraction of sp³-hybridized carbons (Fsp3) is 0.643. The normalized spacial score (nSPS) is 21.1. The highest BCUT2D eigenvalue weighted by Crippen LogP contribution is 2.31. The fourth-order valence-electron chi connectivity index (χ4n) is 2.99. The van der Waals surface area contributed by atoms with E-state index in [1.165, 1.54) is 10.4 Å². The molecule has 2 aliphatic rings. The Morgan fingerprint density at radius 2 is 2.26 bits per heavy atom. The Labute approximate surface area is 117 Å². The summed E-state index contributed by atoms with van der Waals surface area (Å²) < 4.78 is 5.42. The summed E-state index contributed by atoms with van der Waals surface area (Å²) in [4.78, 5) is 14.5. The Kier molecular flexibility index (Phi) is 3.60. The topological polar surface area (TPSA) is 64.3 Å². The zero-order valence-corrected chi connectivity index (χ0v) is 11.9. The molecule has 1 saturated carbocycles. The second-order valence-electron chi connectivity index (χ2n) is 5.51. The molecule has 1 aliphatic carbocycles. The summed E-state index contributed by atoms with van der Waals surface area (Å²) in [6, 6.07) is 1.98. The second kappa shape index (κ2) is 5.23. The van der Waals surface area contributed by atoms with Crippen molar-refractivity contribution in [1.29, 1.82) is 0 Å². The number of carbonyl (C=O) groups excluding carboxylic acids is 1. The maximum absolute atomic E-state index is 12.4. The lowest BCUT2D eigenvalue weighted by atomic mass is 9.98. The zero-order valence-electron chi connectivity index (χ0n) is 11.0. The van der Waals surface area contributed by atoms with Gasteiger partial charge in [0.1, 0.15) is 0 Å². The minimum Gasteiger partial charge on any atom is -0.376 e. The maximum atomic E-state index is 12.4. The van der Waals surface area contributed by atoms with Crippen LogP contribution in [-0.4, -0.2) is 24.6 Å². The summed E-state index contributed by atoms with van der Waals surface area (Å²) in [7, 11) is 0. The number of rotatable bonds is 3. The Morgan fingerprint density at radius 1 is 1.47 bits per heavy atom. The van der Waals surface area contributed by atoms with E-state index in [1.54, 1.807) is 11.3 Å². The highest BCUT2D eigenvalue weighted by molar-refractivity contribution is 7.14. The van der Waals surface area contributed by atoms with Gasteiger partial charge in [-0.25, -0.2) is 0 Å². The number of ether oxygens (including phenoxy) is 1. The number of carbonyl (C=O) groups is 1. The van der Waals surface area contributed by atoms with Crippen LogP contribution in [0.25, 0.3) is 0 Å². The lowest BCUT2D eigenvalue weighted by Gasteiger charge is -2.28. The zero-order chi connectivity index (χ0) is 13.3. The molecule has 1 aromatic rings. The van der Waals surface area contributed by atoms with Crippen molar-refractivity contribution >= 4 is 17.2 Å². The molecule has 4 nitrogen and oxygen atoms in total. The monoisotopic (exact) mass is 280 g/mol. The predicted octanol–water partition coefficient (Wildman–Crippen LogP) is 1.82. The van der Waals surface area contributed by atoms with Gasteiger partial charge < -0.3 is 15.8 Å². The molecule has 104 valence electrons. The molecule has 1 amide bonds. The standard InChI is InChI=1S/C14H20N2O2S/c15-9-14(4-1-2-5-14)16-13(17)12-7-10-8-18-6-3-11(10)19-12/h7H,1-6,8-9,15H2,(H,16,17). The van der Waals surface area contributed by atoms with Gasteiger partial charge in [-0.1, -0.05) is 12.8 Å². The first-order chi connectivity index (χ1) is 9.22. The van der Waals surface area contributed by atoms with Crippen LogP contribution < -0.4 is 11.1 Å². The third-order valence-corrected chi connectivity index (χ3v) is 5.42. The third-order valence-electron chi connectivity index (χ3n) is 4.18. The average Bonchev–Trinajstić information content (AvgIpc) is 3.05. The first kappa shape index (κ1) is 13.1. The van der Waals surface area contributed by atoms with E-state index in [1.807, 2.05) is 6.07 Å². The van der Waals surface area contributed by atoms with E-state index in [0.29, 0.717) is 13.2 Å². The van der Waals surface area contributed by atoms with Gasteiger partial charge in [-0.3, -0.25) is 4.79 Å². The van der Waals surface area contributed by atoms with E-state index < -0.39 is 0 Å². The largest absolute Gasteiger partial charge is 0.376 e. The summed E-state index contributed by atoms with van der Waals surface area (Å²) >= 11 is 1.60. The van der Waals surface area contributed by atoms with Crippen LogP contribution in [0.2, 0.25) is 0 Å². The third kappa shape index (κ3) is 2.55. The molecule has 2 heterocycles. The molecular weight excluding hydrogens is 260 g/mol. The fourth-order valence-corrected chi connectivity index (χ4v) is 4.04. The van der Waals surface area contributed by atoms with Gasteiger partial charge in [0, 0.05) is 17.8 Å². The van der Waals surface area contributed by atoms with Crippen LogP contribution in [0.3, 0.4) is 0 Å². The molecule has 1 aliphatic heterocycles. The molecule has 19 heavy (non-hydrogen) atoms. The molecule has 0 bridgehead atoms. The number of thiophene rings is 1. The Bertz CT molecular complexity index is 454. The molecule has 1 fully saturated rings. The van der Waals surface area contributed by atoms with Crippen LogP contribution >= 0.6 is 11.3 Å². The van der Waals surface area contributed by atoms with E-state index in [0.717, 1.165) is 43.6 Å². The van der Waals surface area contributed by atoms with Gasteiger partial charge in [0.05, 0.1) is 23.6 Å². The molecule has 3 rings (SSSR count). The maximum Gasteiger partial charge on any atom is 0.261 e. The van der Waals surface area contributed by atoms with Gasteiger partial charge in [-0.15, -0.1) is 11.3 Å². The average molecular weight is 280 g/mol. The number of hydrogen-bond acceptors (Lipinski definition) is 4. The van der Waals surface area contributed by atoms with Gasteiger partial charge in [0.15, 0.2) is 0 Å². The van der Waals surface area contributed by atoms with Crippen molar-refractivity contribution in [2.24, 2.45) is 5.73 Å². The van der Waals surface area contributed by atoms with E-state index >= 15 is 0 Å². The molecule has 0 aromatic carbocycles. The summed E-state index contributed by atoms with van der Waals surface area (Å²) in [5, 5.41) is 3.17. The minimum absolute atomic E-state index is 0.0340. The number of nitrogens with two attached hydrogens (primary N) is 1. The first-order valence-electron chi connectivity index (χ1n) is 6.94. The summed E-state index contributed by atoms with van der Waals surface area (Å²) in [5.41, 5.74) is 6.87. The van der Waals surface area contributed by atoms with Crippen LogP contribution in [0.1, 0.15) is 45.8 Å². The molecule has 5 heteroatoms. The van der Waals surface area contributed by atoms with E-state index in [-0.39, 0.29) is 11.4 Å². The van der Waals surface area contributed by atoms with Crippen LogP contribution in [0, 0.1) is 0 Å². The lowest BCUT2D eigenvalue weighted by Crippen LogP contribution is -2.51. The Morgan fingerprint density at radius 3 is 2.95 bits per heavy atom. The number of fused-ring (bicyclic) bond motifs is 1. The summed E-state index contributed by atoms with van der Waals surface area (Å²) in [6.07, 6.45) is 5.25. The molecule has 0 unspecified atom stereocenters. The van der Waals surface area contributed by atoms with Crippen LogP contribution in [-0.2, 0) is 17.8 Å². The minimum atomic E-state index is -0.169. The number of hydrogen-bond donors (Lipinski definition) is 2. The molecular formula is C14H20N2O2S. The molecule has 0 radical (unpaired) electrons. The quantitative estimate of drug-likeness (QED) is 0.887. The molecule has 1 aromatic heterocycles. The SMILES string of the molecule is NCC1(NC(=O)c2cc3c(s2)CCOC3)CCCC1. The highest BCUT2D eigenvalue weighted by Gasteiger charge is 2.34. The molecule has 0 saturated heterocycles. The van der Waals surface area contributed by atoms with Crippen molar-refractivity contribution in [3.05, 3.63) is 21.4 Å². The van der Waals surface area contributed by atoms with Crippen molar-refractivity contribution < 1.29 is 9.53 Å².